The molecule has 0 spiro atoms. The van der Waals surface area contributed by atoms with E-state index in [1.54, 1.807) is 6.20 Å². The van der Waals surface area contributed by atoms with Gasteiger partial charge in [0.15, 0.2) is 0 Å². The third-order valence-electron chi connectivity index (χ3n) is 3.01. The van der Waals surface area contributed by atoms with Gasteiger partial charge >= 0.3 is 12.1 Å². The Hall–Kier alpha value is -1.63. The Balaban J connectivity index is 1.85. The summed E-state index contributed by atoms with van der Waals surface area (Å²) in [5, 5.41) is 0. The first kappa shape index (κ1) is 13.8. The minimum Gasteiger partial charge on any atom is -0.332 e. The Labute approximate surface area is 108 Å². The molecule has 1 aliphatic rings. The fraction of sp³-hybridized carbons (Fsp3) is 0.500. The summed E-state index contributed by atoms with van der Waals surface area (Å²) in [6, 6.07) is 5.54. The van der Waals surface area contributed by atoms with Crippen molar-refractivity contribution in [2.45, 2.75) is 12.7 Å². The van der Waals surface area contributed by atoms with E-state index in [0.29, 0.717) is 19.6 Å². The highest BCUT2D eigenvalue weighted by Crippen LogP contribution is 2.19. The SMILES string of the molecule is O=C(N1CCN(Cc2ccccn2)CC1)C(F)(F)F. The van der Waals surface area contributed by atoms with E-state index in [0.717, 1.165) is 10.6 Å². The molecule has 1 aliphatic heterocycles. The molecule has 0 saturated carbocycles. The molecule has 4 nitrogen and oxygen atoms in total. The van der Waals surface area contributed by atoms with Gasteiger partial charge in [0, 0.05) is 38.9 Å². The predicted molar refractivity (Wildman–Crippen MR) is 62.1 cm³/mol. The first-order valence-electron chi connectivity index (χ1n) is 5.95. The van der Waals surface area contributed by atoms with Crippen LogP contribution in [0.5, 0.6) is 0 Å². The van der Waals surface area contributed by atoms with Gasteiger partial charge in [0.2, 0.25) is 0 Å². The molecule has 0 atom stereocenters. The topological polar surface area (TPSA) is 36.4 Å². The molecule has 0 unspecified atom stereocenters. The maximum absolute atomic E-state index is 12.3. The largest absolute Gasteiger partial charge is 0.471 e. The molecule has 1 fully saturated rings. The monoisotopic (exact) mass is 273 g/mol. The summed E-state index contributed by atoms with van der Waals surface area (Å²) < 4.78 is 36.8. The number of rotatable bonds is 2. The Kier molecular flexibility index (Phi) is 4.04. The van der Waals surface area contributed by atoms with Crippen LogP contribution in [-0.4, -0.2) is 53.0 Å². The van der Waals surface area contributed by atoms with Crippen LogP contribution >= 0.6 is 0 Å². The third kappa shape index (κ3) is 3.66. The van der Waals surface area contributed by atoms with Gasteiger partial charge in [-0.05, 0) is 12.1 Å². The van der Waals surface area contributed by atoms with Crippen molar-refractivity contribution < 1.29 is 18.0 Å². The second kappa shape index (κ2) is 5.56. The van der Waals surface area contributed by atoms with E-state index in [4.69, 9.17) is 0 Å². The van der Waals surface area contributed by atoms with Crippen LogP contribution in [0.2, 0.25) is 0 Å². The molecule has 0 bridgehead atoms. The van der Waals surface area contributed by atoms with Crippen LogP contribution in [0.4, 0.5) is 13.2 Å². The summed E-state index contributed by atoms with van der Waals surface area (Å²) in [5.41, 5.74) is 0.873. The molecule has 104 valence electrons. The zero-order chi connectivity index (χ0) is 13.9. The van der Waals surface area contributed by atoms with Crippen LogP contribution in [0.3, 0.4) is 0 Å². The lowest BCUT2D eigenvalue weighted by atomic mass is 10.2. The first-order valence-corrected chi connectivity index (χ1v) is 5.95. The summed E-state index contributed by atoms with van der Waals surface area (Å²) >= 11 is 0. The van der Waals surface area contributed by atoms with Gasteiger partial charge in [-0.3, -0.25) is 14.7 Å². The van der Waals surface area contributed by atoms with Crippen LogP contribution in [0.25, 0.3) is 0 Å². The van der Waals surface area contributed by atoms with Crippen molar-refractivity contribution in [3.8, 4) is 0 Å². The molecule has 0 N–H and O–H groups in total. The van der Waals surface area contributed by atoms with Crippen molar-refractivity contribution in [2.75, 3.05) is 26.2 Å². The number of carbonyl (C=O) groups excluding carboxylic acids is 1. The lowest BCUT2D eigenvalue weighted by Gasteiger charge is -2.34. The molecule has 0 radical (unpaired) electrons. The Morgan fingerprint density at radius 2 is 1.89 bits per heavy atom. The number of aromatic nitrogens is 1. The van der Waals surface area contributed by atoms with E-state index in [9.17, 15) is 18.0 Å². The minimum absolute atomic E-state index is 0.102. The summed E-state index contributed by atoms with van der Waals surface area (Å²) in [6.07, 6.45) is -3.10. The van der Waals surface area contributed by atoms with Gasteiger partial charge < -0.3 is 4.90 Å². The lowest BCUT2D eigenvalue weighted by molar-refractivity contribution is -0.187. The van der Waals surface area contributed by atoms with Gasteiger partial charge in [-0.2, -0.15) is 13.2 Å². The number of nitrogens with zero attached hydrogens (tertiary/aromatic N) is 3. The molecule has 1 amide bonds. The third-order valence-corrected chi connectivity index (χ3v) is 3.01. The summed E-state index contributed by atoms with van der Waals surface area (Å²) in [6.45, 7) is 1.65. The first-order chi connectivity index (χ1) is 8.97. The summed E-state index contributed by atoms with van der Waals surface area (Å²) in [5.74, 6) is -1.75. The number of hydrogen-bond acceptors (Lipinski definition) is 3. The molecule has 1 aromatic heterocycles. The zero-order valence-corrected chi connectivity index (χ0v) is 10.2. The normalized spacial score (nSPS) is 17.5. The Bertz CT molecular complexity index is 428. The lowest BCUT2D eigenvalue weighted by Crippen LogP contribution is -2.52. The van der Waals surface area contributed by atoms with E-state index in [1.807, 2.05) is 23.1 Å². The van der Waals surface area contributed by atoms with Crippen LogP contribution in [0, 0.1) is 0 Å². The summed E-state index contributed by atoms with van der Waals surface area (Å²) in [7, 11) is 0. The number of piperazine rings is 1. The number of amides is 1. The highest BCUT2D eigenvalue weighted by atomic mass is 19.4. The second-order valence-corrected chi connectivity index (χ2v) is 4.39. The second-order valence-electron chi connectivity index (χ2n) is 4.39. The smallest absolute Gasteiger partial charge is 0.332 e. The number of halogens is 3. The fourth-order valence-electron chi connectivity index (χ4n) is 2.01. The van der Waals surface area contributed by atoms with Gasteiger partial charge in [0.25, 0.3) is 0 Å². The maximum atomic E-state index is 12.3. The molecule has 19 heavy (non-hydrogen) atoms. The molecule has 1 aromatic rings. The molecular weight excluding hydrogens is 259 g/mol. The highest BCUT2D eigenvalue weighted by molar-refractivity contribution is 5.81. The molecule has 0 aliphatic carbocycles. The molecule has 7 heteroatoms. The maximum Gasteiger partial charge on any atom is 0.471 e. The number of pyridine rings is 1. The van der Waals surface area contributed by atoms with E-state index in [2.05, 4.69) is 4.98 Å². The van der Waals surface area contributed by atoms with Gasteiger partial charge in [-0.15, -0.1) is 0 Å². The zero-order valence-electron chi connectivity index (χ0n) is 10.2. The highest BCUT2D eigenvalue weighted by Gasteiger charge is 2.43. The van der Waals surface area contributed by atoms with Gasteiger partial charge in [0.1, 0.15) is 0 Å². The van der Waals surface area contributed by atoms with Crippen LogP contribution in [0.15, 0.2) is 24.4 Å². The van der Waals surface area contributed by atoms with Crippen molar-refractivity contribution >= 4 is 5.91 Å². The van der Waals surface area contributed by atoms with E-state index >= 15 is 0 Å². The Morgan fingerprint density at radius 1 is 1.21 bits per heavy atom. The fourth-order valence-corrected chi connectivity index (χ4v) is 2.01. The molecule has 2 rings (SSSR count). The van der Waals surface area contributed by atoms with Crippen LogP contribution < -0.4 is 0 Å². The number of carbonyl (C=O) groups is 1. The van der Waals surface area contributed by atoms with Gasteiger partial charge in [-0.1, -0.05) is 6.07 Å². The molecule has 1 saturated heterocycles. The van der Waals surface area contributed by atoms with Gasteiger partial charge in [0.05, 0.1) is 5.69 Å². The Morgan fingerprint density at radius 3 is 2.42 bits per heavy atom. The number of hydrogen-bond donors (Lipinski definition) is 0. The van der Waals surface area contributed by atoms with Gasteiger partial charge in [-0.25, -0.2) is 0 Å². The predicted octanol–water partition coefficient (Wildman–Crippen LogP) is 1.29. The van der Waals surface area contributed by atoms with E-state index in [1.165, 1.54) is 0 Å². The molecule has 2 heterocycles. The standard InChI is InChI=1S/C12H14F3N3O/c13-12(14,15)11(19)18-7-5-17(6-8-18)9-10-3-1-2-4-16-10/h1-4H,5-9H2. The van der Waals surface area contributed by atoms with E-state index in [-0.39, 0.29) is 13.1 Å². The molecule has 0 aromatic carbocycles. The van der Waals surface area contributed by atoms with Crippen molar-refractivity contribution in [3.05, 3.63) is 30.1 Å². The van der Waals surface area contributed by atoms with Crippen molar-refractivity contribution in [1.82, 2.24) is 14.8 Å². The van der Waals surface area contributed by atoms with Crippen molar-refractivity contribution in [2.24, 2.45) is 0 Å². The average Bonchev–Trinajstić information content (AvgIpc) is 2.39. The van der Waals surface area contributed by atoms with Crippen molar-refractivity contribution in [3.63, 3.8) is 0 Å². The average molecular weight is 273 g/mol. The molecular formula is C12H14F3N3O. The quantitative estimate of drug-likeness (QED) is 0.814. The van der Waals surface area contributed by atoms with Crippen LogP contribution in [0.1, 0.15) is 5.69 Å². The van der Waals surface area contributed by atoms with E-state index < -0.39 is 12.1 Å². The van der Waals surface area contributed by atoms with Crippen LogP contribution in [-0.2, 0) is 11.3 Å². The number of alkyl halides is 3. The van der Waals surface area contributed by atoms with Crippen molar-refractivity contribution in [1.29, 1.82) is 0 Å². The summed E-state index contributed by atoms with van der Waals surface area (Å²) in [4.78, 5) is 18.1. The minimum atomic E-state index is -4.77.